The first kappa shape index (κ1) is 31.2. The Morgan fingerprint density at radius 1 is 1.05 bits per heavy atom. The number of likely N-dealkylation sites (tertiary alicyclic amines) is 1. The number of rotatable bonds is 13. The number of thiophene rings is 1. The minimum Gasteiger partial charge on any atom is -0.351 e. The van der Waals surface area contributed by atoms with Crippen LogP contribution in [0.3, 0.4) is 0 Å². The van der Waals surface area contributed by atoms with Crippen molar-refractivity contribution in [3.63, 3.8) is 0 Å². The van der Waals surface area contributed by atoms with Gasteiger partial charge in [-0.05, 0) is 73.6 Å². The van der Waals surface area contributed by atoms with Crippen LogP contribution in [0.2, 0.25) is 0 Å². The van der Waals surface area contributed by atoms with E-state index in [4.69, 9.17) is 4.98 Å². The van der Waals surface area contributed by atoms with Gasteiger partial charge in [-0.2, -0.15) is 0 Å². The molecule has 1 saturated heterocycles. The molecule has 0 bridgehead atoms. The van der Waals surface area contributed by atoms with E-state index in [0.29, 0.717) is 23.9 Å². The summed E-state index contributed by atoms with van der Waals surface area (Å²) in [6.45, 7) is 16.2. The molecular weight excluding hydrogens is 530 g/mol. The third-order valence-corrected chi connectivity index (χ3v) is 9.01. The van der Waals surface area contributed by atoms with Gasteiger partial charge in [0.1, 0.15) is 11.9 Å². The first-order chi connectivity index (χ1) is 19.7. The van der Waals surface area contributed by atoms with Gasteiger partial charge in [-0.1, -0.05) is 47.6 Å². The lowest BCUT2D eigenvalue weighted by Crippen LogP contribution is -2.52. The number of carbonyl (C=O) groups is 2. The van der Waals surface area contributed by atoms with E-state index >= 15 is 0 Å². The molecule has 0 radical (unpaired) electrons. The molecule has 3 heterocycles. The quantitative estimate of drug-likeness (QED) is 0.245. The fourth-order valence-corrected chi connectivity index (χ4v) is 6.77. The minimum atomic E-state index is -0.566. The van der Waals surface area contributed by atoms with E-state index in [-0.39, 0.29) is 23.8 Å². The van der Waals surface area contributed by atoms with Crippen LogP contribution in [0.25, 0.3) is 11.0 Å². The predicted molar refractivity (Wildman–Crippen MR) is 170 cm³/mol. The summed E-state index contributed by atoms with van der Waals surface area (Å²) in [6, 6.07) is 9.95. The average molecular weight is 580 g/mol. The second-order valence-electron chi connectivity index (χ2n) is 12.5. The molecule has 1 aromatic carbocycles. The highest BCUT2D eigenvalue weighted by atomic mass is 32.1. The summed E-state index contributed by atoms with van der Waals surface area (Å²) in [6.07, 6.45) is 5.31. The van der Waals surface area contributed by atoms with Crippen LogP contribution in [-0.4, -0.2) is 58.0 Å². The SMILES string of the molecule is CCC(CC)n1c(Cc2cccs2)nc2cc(C(=O)N[C@@H](CC(C)C)C(=O)NC3CCN(CC(C)C)CC3)ccc21. The van der Waals surface area contributed by atoms with Crippen LogP contribution in [0.4, 0.5) is 0 Å². The highest BCUT2D eigenvalue weighted by Crippen LogP contribution is 2.28. The van der Waals surface area contributed by atoms with E-state index in [1.807, 2.05) is 18.2 Å². The van der Waals surface area contributed by atoms with Gasteiger partial charge in [0, 0.05) is 48.6 Å². The largest absolute Gasteiger partial charge is 0.351 e. The second kappa shape index (κ2) is 14.5. The molecule has 1 fully saturated rings. The molecule has 0 aliphatic carbocycles. The van der Waals surface area contributed by atoms with Crippen molar-refractivity contribution in [1.82, 2.24) is 25.1 Å². The highest BCUT2D eigenvalue weighted by Gasteiger charge is 2.27. The van der Waals surface area contributed by atoms with Gasteiger partial charge < -0.3 is 20.1 Å². The zero-order valence-electron chi connectivity index (χ0n) is 25.8. The van der Waals surface area contributed by atoms with E-state index in [0.717, 1.165) is 68.6 Å². The Morgan fingerprint density at radius 2 is 1.78 bits per heavy atom. The molecule has 1 aliphatic heterocycles. The van der Waals surface area contributed by atoms with Crippen molar-refractivity contribution in [2.24, 2.45) is 11.8 Å². The first-order valence-electron chi connectivity index (χ1n) is 15.5. The number of nitrogens with zero attached hydrogens (tertiary/aromatic N) is 3. The van der Waals surface area contributed by atoms with Gasteiger partial charge in [0.25, 0.3) is 5.91 Å². The zero-order chi connectivity index (χ0) is 29.5. The number of carbonyl (C=O) groups excluding carboxylic acids is 2. The van der Waals surface area contributed by atoms with Gasteiger partial charge >= 0.3 is 0 Å². The maximum absolute atomic E-state index is 13.5. The summed E-state index contributed by atoms with van der Waals surface area (Å²) in [7, 11) is 0. The third-order valence-electron chi connectivity index (χ3n) is 8.13. The molecule has 2 N–H and O–H groups in total. The van der Waals surface area contributed by atoms with E-state index in [1.165, 1.54) is 4.88 Å². The summed E-state index contributed by atoms with van der Waals surface area (Å²) in [5, 5.41) is 8.41. The molecule has 224 valence electrons. The molecule has 4 rings (SSSR count). The molecule has 1 atom stereocenters. The molecular formula is C33H49N5O2S. The van der Waals surface area contributed by atoms with Crippen molar-refractivity contribution in [1.29, 1.82) is 0 Å². The topological polar surface area (TPSA) is 79.3 Å². The summed E-state index contributed by atoms with van der Waals surface area (Å²) >= 11 is 1.74. The minimum absolute atomic E-state index is 0.0771. The van der Waals surface area contributed by atoms with Crippen molar-refractivity contribution in [3.8, 4) is 0 Å². The molecule has 1 aliphatic rings. The number of hydrogen-bond acceptors (Lipinski definition) is 5. The van der Waals surface area contributed by atoms with Gasteiger partial charge in [-0.3, -0.25) is 9.59 Å². The molecule has 0 spiro atoms. The first-order valence-corrected chi connectivity index (χ1v) is 16.4. The normalized spacial score (nSPS) is 15.7. The van der Waals surface area contributed by atoms with E-state index in [9.17, 15) is 9.59 Å². The summed E-state index contributed by atoms with van der Waals surface area (Å²) in [4.78, 5) is 35.6. The van der Waals surface area contributed by atoms with Crippen molar-refractivity contribution in [2.75, 3.05) is 19.6 Å². The summed E-state index contributed by atoms with van der Waals surface area (Å²) < 4.78 is 2.36. The van der Waals surface area contributed by atoms with Crippen molar-refractivity contribution >= 4 is 34.2 Å². The average Bonchev–Trinajstić information content (AvgIpc) is 3.57. The van der Waals surface area contributed by atoms with Crippen LogP contribution in [0.15, 0.2) is 35.7 Å². The lowest BCUT2D eigenvalue weighted by Gasteiger charge is -2.34. The van der Waals surface area contributed by atoms with E-state index < -0.39 is 6.04 Å². The van der Waals surface area contributed by atoms with Gasteiger partial charge in [-0.15, -0.1) is 11.3 Å². The number of benzene rings is 1. The number of fused-ring (bicyclic) bond motifs is 1. The van der Waals surface area contributed by atoms with Gasteiger partial charge in [0.2, 0.25) is 5.91 Å². The Hall–Kier alpha value is -2.71. The number of piperidine rings is 1. The van der Waals surface area contributed by atoms with Crippen LogP contribution in [0.1, 0.15) is 101 Å². The number of aromatic nitrogens is 2. The number of imidazole rings is 1. The molecule has 2 amide bonds. The standard InChI is InChI=1S/C33H49N5O2S/c1-7-26(8-2)38-30-12-11-24(19-28(30)35-31(38)20-27-10-9-17-41-27)32(39)36-29(18-22(3)4)33(40)34-25-13-15-37(16-14-25)21-23(5)6/h9-12,17,19,22-23,25-26,29H,7-8,13-16,18,20-21H2,1-6H3,(H,34,40)(H,36,39)/t29-/m0/s1. The van der Waals surface area contributed by atoms with Crippen LogP contribution >= 0.6 is 11.3 Å². The van der Waals surface area contributed by atoms with Crippen molar-refractivity contribution in [3.05, 3.63) is 52.0 Å². The fraction of sp³-hybridized carbons (Fsp3) is 0.606. The Labute approximate surface area is 250 Å². The summed E-state index contributed by atoms with van der Waals surface area (Å²) in [5.74, 6) is 1.65. The lowest BCUT2D eigenvalue weighted by atomic mass is 10.00. The molecule has 0 unspecified atom stereocenters. The number of amides is 2. The van der Waals surface area contributed by atoms with Crippen molar-refractivity contribution < 1.29 is 9.59 Å². The molecule has 7 nitrogen and oxygen atoms in total. The molecule has 3 aromatic rings. The van der Waals surface area contributed by atoms with Crippen LogP contribution in [0, 0.1) is 11.8 Å². The highest BCUT2D eigenvalue weighted by molar-refractivity contribution is 7.09. The van der Waals surface area contributed by atoms with Crippen LogP contribution in [0.5, 0.6) is 0 Å². The van der Waals surface area contributed by atoms with Crippen molar-refractivity contribution in [2.45, 2.75) is 98.2 Å². The maximum Gasteiger partial charge on any atom is 0.252 e. The monoisotopic (exact) mass is 579 g/mol. The summed E-state index contributed by atoms with van der Waals surface area (Å²) in [5.41, 5.74) is 2.43. The smallest absolute Gasteiger partial charge is 0.252 e. The Balaban J connectivity index is 1.49. The second-order valence-corrected chi connectivity index (χ2v) is 13.5. The number of nitrogens with one attached hydrogen (secondary N) is 2. The predicted octanol–water partition coefficient (Wildman–Crippen LogP) is 6.43. The van der Waals surface area contributed by atoms with Crippen LogP contribution < -0.4 is 10.6 Å². The molecule has 8 heteroatoms. The fourth-order valence-electron chi connectivity index (χ4n) is 6.07. The number of hydrogen-bond donors (Lipinski definition) is 2. The molecule has 2 aromatic heterocycles. The molecule has 0 saturated carbocycles. The lowest BCUT2D eigenvalue weighted by molar-refractivity contribution is -0.124. The third kappa shape index (κ3) is 8.19. The van der Waals surface area contributed by atoms with Gasteiger partial charge in [0.05, 0.1) is 11.0 Å². The Bertz CT molecular complexity index is 1270. The maximum atomic E-state index is 13.5. The van der Waals surface area contributed by atoms with Gasteiger partial charge in [-0.25, -0.2) is 4.98 Å². The Morgan fingerprint density at radius 3 is 2.39 bits per heavy atom. The van der Waals surface area contributed by atoms with Gasteiger partial charge in [0.15, 0.2) is 0 Å². The van der Waals surface area contributed by atoms with E-state index in [1.54, 1.807) is 11.3 Å². The zero-order valence-corrected chi connectivity index (χ0v) is 26.6. The Kier molecular flexibility index (Phi) is 11.0. The molecule has 41 heavy (non-hydrogen) atoms. The van der Waals surface area contributed by atoms with E-state index in [2.05, 4.69) is 79.2 Å². The van der Waals surface area contributed by atoms with Crippen LogP contribution in [-0.2, 0) is 11.2 Å².